The zero-order valence-corrected chi connectivity index (χ0v) is 17.8. The number of phenols is 1. The lowest BCUT2D eigenvalue weighted by molar-refractivity contribution is -0.232. The van der Waals surface area contributed by atoms with Gasteiger partial charge in [0.05, 0.1) is 26.4 Å². The molecule has 0 unspecified atom stereocenters. The van der Waals surface area contributed by atoms with E-state index in [1.54, 1.807) is 24.3 Å². The van der Waals surface area contributed by atoms with Gasteiger partial charge >= 0.3 is 0 Å². The molecule has 1 aliphatic heterocycles. The van der Waals surface area contributed by atoms with Gasteiger partial charge in [-0.25, -0.2) is 0 Å². The van der Waals surface area contributed by atoms with Crippen molar-refractivity contribution in [2.75, 3.05) is 20.8 Å². The monoisotopic (exact) mass is 460 g/mol. The van der Waals surface area contributed by atoms with Crippen LogP contribution >= 0.6 is 0 Å². The van der Waals surface area contributed by atoms with Crippen LogP contribution in [-0.4, -0.2) is 70.8 Å². The molecule has 0 spiro atoms. The van der Waals surface area contributed by atoms with Crippen molar-refractivity contribution in [1.29, 1.82) is 0 Å². The molecule has 5 atom stereocenters. The molecule has 10 nitrogen and oxygen atoms in total. The molecule has 5 N–H and O–H groups in total. The van der Waals surface area contributed by atoms with Gasteiger partial charge in [-0.2, -0.15) is 0 Å². The Morgan fingerprint density at radius 3 is 2.27 bits per heavy atom. The normalized spacial score (nSPS) is 25.2. The highest BCUT2D eigenvalue weighted by Crippen LogP contribution is 2.45. The second-order valence-electron chi connectivity index (χ2n) is 7.67. The molecular formula is C23H24O10. The highest BCUT2D eigenvalue weighted by atomic mass is 16.5. The topological polar surface area (TPSA) is 159 Å². The van der Waals surface area contributed by atoms with Gasteiger partial charge in [0.2, 0.25) is 0 Å². The second-order valence-corrected chi connectivity index (χ2v) is 7.67. The molecule has 1 aromatic heterocycles. The van der Waals surface area contributed by atoms with E-state index in [1.807, 2.05) is 0 Å². The zero-order valence-electron chi connectivity index (χ0n) is 17.8. The van der Waals surface area contributed by atoms with Crippen molar-refractivity contribution in [3.63, 3.8) is 0 Å². The van der Waals surface area contributed by atoms with Crippen LogP contribution in [0.4, 0.5) is 0 Å². The average molecular weight is 460 g/mol. The molecule has 2 aromatic carbocycles. The van der Waals surface area contributed by atoms with Gasteiger partial charge < -0.3 is 44.2 Å². The molecule has 1 fully saturated rings. The number of ether oxygens (including phenoxy) is 3. The standard InChI is InChI=1S/C23H24O10/c1-30-11-5-3-10(4-6-11)13-7-12(25)17-15(32-13)8-14(31-2)18(20(17)27)23-22(29)21(28)19(26)16(9-24)33-23/h3-8,16,19,21-24,26-29H,9H2,1-2H3/t16-,19-,21+,22-,23+/m1/s1. The van der Waals surface area contributed by atoms with Gasteiger partial charge in [0.1, 0.15) is 64.5 Å². The molecule has 0 radical (unpaired) electrons. The van der Waals surface area contributed by atoms with Crippen LogP contribution < -0.4 is 14.9 Å². The fourth-order valence-corrected chi connectivity index (χ4v) is 3.98. The molecule has 1 saturated heterocycles. The average Bonchev–Trinajstić information content (AvgIpc) is 2.82. The fraction of sp³-hybridized carbons (Fsp3) is 0.348. The van der Waals surface area contributed by atoms with Crippen LogP contribution in [0.25, 0.3) is 22.3 Å². The Kier molecular flexibility index (Phi) is 6.28. The highest BCUT2D eigenvalue weighted by molar-refractivity contribution is 5.88. The largest absolute Gasteiger partial charge is 0.506 e. The third-order valence-electron chi connectivity index (χ3n) is 5.77. The number of aromatic hydroxyl groups is 1. The predicted octanol–water partition coefficient (Wildman–Crippen LogP) is 0.698. The molecule has 0 saturated carbocycles. The molecule has 3 aromatic rings. The van der Waals surface area contributed by atoms with E-state index < -0.39 is 48.3 Å². The molecule has 176 valence electrons. The van der Waals surface area contributed by atoms with E-state index in [9.17, 15) is 30.3 Å². The van der Waals surface area contributed by atoms with Crippen LogP contribution in [0.1, 0.15) is 11.7 Å². The third kappa shape index (κ3) is 3.92. The first-order chi connectivity index (χ1) is 15.8. The maximum absolute atomic E-state index is 13.0. The van der Waals surface area contributed by atoms with Crippen molar-refractivity contribution < 1.29 is 44.2 Å². The molecule has 2 heterocycles. The Morgan fingerprint density at radius 1 is 0.970 bits per heavy atom. The summed E-state index contributed by atoms with van der Waals surface area (Å²) in [5.41, 5.74) is -0.0539. The van der Waals surface area contributed by atoms with Crippen molar-refractivity contribution in [1.82, 2.24) is 0 Å². The van der Waals surface area contributed by atoms with Gasteiger partial charge in [-0.1, -0.05) is 0 Å². The van der Waals surface area contributed by atoms with Crippen LogP contribution in [0.2, 0.25) is 0 Å². The van der Waals surface area contributed by atoms with Gasteiger partial charge in [-0.05, 0) is 24.3 Å². The number of hydrogen-bond donors (Lipinski definition) is 5. The highest BCUT2D eigenvalue weighted by Gasteiger charge is 2.46. The minimum absolute atomic E-state index is 0.0133. The molecular weight excluding hydrogens is 436 g/mol. The molecule has 1 aliphatic rings. The third-order valence-corrected chi connectivity index (χ3v) is 5.77. The SMILES string of the molecule is COc1ccc(-c2cc(=O)c3c(O)c([C@@H]4O[C@H](CO)[C@@H](O)[C@H](O)[C@H]4O)c(OC)cc3o2)cc1. The molecule has 0 aliphatic carbocycles. The van der Waals surface area contributed by atoms with E-state index in [0.29, 0.717) is 11.3 Å². The van der Waals surface area contributed by atoms with Crippen molar-refractivity contribution in [3.05, 3.63) is 52.2 Å². The van der Waals surface area contributed by atoms with E-state index in [0.717, 1.165) is 0 Å². The number of fused-ring (bicyclic) bond motifs is 1. The molecule has 10 heteroatoms. The zero-order chi connectivity index (χ0) is 23.9. The summed E-state index contributed by atoms with van der Waals surface area (Å²) in [6.07, 6.45) is -7.53. The number of phenolic OH excluding ortho intramolecular Hbond substituents is 1. The van der Waals surface area contributed by atoms with Crippen LogP contribution in [0, 0.1) is 0 Å². The summed E-state index contributed by atoms with van der Waals surface area (Å²) in [5.74, 6) is 0.325. The smallest absolute Gasteiger partial charge is 0.197 e. The number of aliphatic hydroxyl groups excluding tert-OH is 4. The number of benzene rings is 2. The number of aliphatic hydroxyl groups is 4. The summed E-state index contributed by atoms with van der Waals surface area (Å²) in [4.78, 5) is 13.0. The van der Waals surface area contributed by atoms with Crippen molar-refractivity contribution in [3.8, 4) is 28.6 Å². The number of rotatable bonds is 5. The van der Waals surface area contributed by atoms with Crippen LogP contribution in [0.3, 0.4) is 0 Å². The predicted molar refractivity (Wildman–Crippen MR) is 115 cm³/mol. The quantitative estimate of drug-likeness (QED) is 0.367. The van der Waals surface area contributed by atoms with Crippen LogP contribution in [0.15, 0.2) is 45.6 Å². The van der Waals surface area contributed by atoms with Gasteiger partial charge in [-0.15, -0.1) is 0 Å². The van der Waals surface area contributed by atoms with E-state index >= 15 is 0 Å². The summed E-state index contributed by atoms with van der Waals surface area (Å²) in [7, 11) is 2.84. The number of hydrogen-bond acceptors (Lipinski definition) is 10. The van der Waals surface area contributed by atoms with Gasteiger partial charge in [0.15, 0.2) is 5.43 Å². The first-order valence-electron chi connectivity index (χ1n) is 10.1. The van der Waals surface area contributed by atoms with Crippen molar-refractivity contribution in [2.24, 2.45) is 0 Å². The van der Waals surface area contributed by atoms with E-state index in [4.69, 9.17) is 18.6 Å². The second kappa shape index (κ2) is 9.00. The maximum Gasteiger partial charge on any atom is 0.197 e. The Balaban J connectivity index is 1.86. The molecule has 0 amide bonds. The summed E-state index contributed by atoms with van der Waals surface area (Å²) >= 11 is 0. The molecule has 4 rings (SSSR count). The molecule has 0 bridgehead atoms. The van der Waals surface area contributed by atoms with E-state index in [-0.39, 0.29) is 28.0 Å². The summed E-state index contributed by atoms with van der Waals surface area (Å²) in [5, 5.41) is 51.0. The Bertz CT molecular complexity index is 1200. The Morgan fingerprint density at radius 2 is 1.67 bits per heavy atom. The minimum atomic E-state index is -1.68. The Labute approximate surface area is 187 Å². The van der Waals surface area contributed by atoms with E-state index in [2.05, 4.69) is 0 Å². The summed E-state index contributed by atoms with van der Waals surface area (Å²) in [6, 6.07) is 9.41. The first kappa shape index (κ1) is 23.0. The maximum atomic E-state index is 13.0. The first-order valence-corrected chi connectivity index (χ1v) is 10.1. The van der Waals surface area contributed by atoms with Crippen LogP contribution in [0.5, 0.6) is 17.2 Å². The van der Waals surface area contributed by atoms with Gasteiger partial charge in [0, 0.05) is 17.7 Å². The minimum Gasteiger partial charge on any atom is -0.506 e. The van der Waals surface area contributed by atoms with Gasteiger partial charge in [0.25, 0.3) is 0 Å². The van der Waals surface area contributed by atoms with Crippen molar-refractivity contribution >= 4 is 11.0 Å². The fourth-order valence-electron chi connectivity index (χ4n) is 3.98. The lowest BCUT2D eigenvalue weighted by Crippen LogP contribution is -2.55. The van der Waals surface area contributed by atoms with E-state index in [1.165, 1.54) is 26.4 Å². The summed E-state index contributed by atoms with van der Waals surface area (Å²) < 4.78 is 21.9. The number of methoxy groups -OCH3 is 2. The summed E-state index contributed by atoms with van der Waals surface area (Å²) in [6.45, 7) is -0.647. The van der Waals surface area contributed by atoms with Crippen LogP contribution in [-0.2, 0) is 4.74 Å². The van der Waals surface area contributed by atoms with Gasteiger partial charge in [-0.3, -0.25) is 4.79 Å². The lowest BCUT2D eigenvalue weighted by Gasteiger charge is -2.40. The lowest BCUT2D eigenvalue weighted by atomic mass is 9.89. The van der Waals surface area contributed by atoms with Crippen molar-refractivity contribution in [2.45, 2.75) is 30.5 Å². The Hall–Kier alpha value is -3.15. The molecule has 33 heavy (non-hydrogen) atoms.